The summed E-state index contributed by atoms with van der Waals surface area (Å²) in [6, 6.07) is 2.13. The van der Waals surface area contributed by atoms with E-state index in [-0.39, 0.29) is 23.9 Å². The Hall–Kier alpha value is -1.08. The SMILES string of the molecule is CCC(CC#N)NC(=O)C1C2CCC(C2)C1N. The molecule has 2 fully saturated rings. The molecule has 2 saturated carbocycles. The minimum atomic E-state index is -0.0150. The zero-order valence-electron chi connectivity index (χ0n) is 10.4. The number of carbonyl (C=O) groups is 1. The van der Waals surface area contributed by atoms with Crippen LogP contribution in [0.15, 0.2) is 0 Å². The van der Waals surface area contributed by atoms with Gasteiger partial charge in [-0.1, -0.05) is 6.92 Å². The second-order valence-electron chi connectivity index (χ2n) is 5.41. The van der Waals surface area contributed by atoms with Crippen molar-refractivity contribution in [3.05, 3.63) is 0 Å². The Labute approximate surface area is 103 Å². The predicted molar refractivity (Wildman–Crippen MR) is 64.7 cm³/mol. The maximum absolute atomic E-state index is 12.2. The van der Waals surface area contributed by atoms with Crippen LogP contribution in [0.5, 0.6) is 0 Å². The third kappa shape index (κ3) is 2.30. The smallest absolute Gasteiger partial charge is 0.225 e. The molecule has 4 heteroatoms. The molecular weight excluding hydrogens is 214 g/mol. The molecule has 1 amide bonds. The van der Waals surface area contributed by atoms with Crippen molar-refractivity contribution in [2.24, 2.45) is 23.5 Å². The van der Waals surface area contributed by atoms with Crippen LogP contribution < -0.4 is 11.1 Å². The molecule has 2 bridgehead atoms. The van der Waals surface area contributed by atoms with E-state index in [1.165, 1.54) is 6.42 Å². The maximum atomic E-state index is 12.2. The van der Waals surface area contributed by atoms with Crippen LogP contribution in [-0.4, -0.2) is 18.0 Å². The first-order valence-electron chi connectivity index (χ1n) is 6.60. The first-order valence-corrected chi connectivity index (χ1v) is 6.60. The molecule has 4 nitrogen and oxygen atoms in total. The van der Waals surface area contributed by atoms with Crippen LogP contribution in [0.1, 0.15) is 39.0 Å². The van der Waals surface area contributed by atoms with Gasteiger partial charge in [-0.05, 0) is 37.5 Å². The number of amides is 1. The molecular formula is C13H21N3O. The van der Waals surface area contributed by atoms with Gasteiger partial charge in [0.2, 0.25) is 5.91 Å². The van der Waals surface area contributed by atoms with Crippen molar-refractivity contribution in [2.45, 2.75) is 51.1 Å². The molecule has 0 aromatic heterocycles. The molecule has 5 unspecified atom stereocenters. The highest BCUT2D eigenvalue weighted by Crippen LogP contribution is 2.47. The van der Waals surface area contributed by atoms with Gasteiger partial charge in [0, 0.05) is 12.1 Å². The van der Waals surface area contributed by atoms with Crippen LogP contribution in [0, 0.1) is 29.1 Å². The van der Waals surface area contributed by atoms with Crippen molar-refractivity contribution in [3.8, 4) is 6.07 Å². The third-order valence-electron chi connectivity index (χ3n) is 4.46. The summed E-state index contributed by atoms with van der Waals surface area (Å²) in [6.45, 7) is 1.99. The van der Waals surface area contributed by atoms with Crippen molar-refractivity contribution in [1.82, 2.24) is 5.32 Å². The highest BCUT2D eigenvalue weighted by atomic mass is 16.2. The topological polar surface area (TPSA) is 78.9 Å². The lowest BCUT2D eigenvalue weighted by Gasteiger charge is -2.28. The van der Waals surface area contributed by atoms with E-state index in [1.807, 2.05) is 6.92 Å². The summed E-state index contributed by atoms with van der Waals surface area (Å²) >= 11 is 0. The fourth-order valence-corrected chi connectivity index (χ4v) is 3.43. The van der Waals surface area contributed by atoms with Crippen molar-refractivity contribution in [1.29, 1.82) is 5.26 Å². The van der Waals surface area contributed by atoms with Gasteiger partial charge in [-0.2, -0.15) is 5.26 Å². The van der Waals surface area contributed by atoms with Crippen LogP contribution in [-0.2, 0) is 4.79 Å². The van der Waals surface area contributed by atoms with E-state index in [9.17, 15) is 4.79 Å². The van der Waals surface area contributed by atoms with Gasteiger partial charge < -0.3 is 11.1 Å². The number of nitrogens with one attached hydrogen (secondary N) is 1. The van der Waals surface area contributed by atoms with Gasteiger partial charge in [-0.25, -0.2) is 0 Å². The minimum absolute atomic E-state index is 0.0125. The summed E-state index contributed by atoms with van der Waals surface area (Å²) in [5, 5.41) is 11.7. The summed E-state index contributed by atoms with van der Waals surface area (Å²) in [7, 11) is 0. The van der Waals surface area contributed by atoms with Gasteiger partial charge in [0.15, 0.2) is 0 Å². The Bertz CT molecular complexity index is 334. The zero-order chi connectivity index (χ0) is 12.4. The number of hydrogen-bond acceptors (Lipinski definition) is 3. The average molecular weight is 235 g/mol. The van der Waals surface area contributed by atoms with Gasteiger partial charge in [0.1, 0.15) is 0 Å². The first kappa shape index (κ1) is 12.4. The molecule has 2 aliphatic rings. The summed E-state index contributed by atoms with van der Waals surface area (Å²) in [4.78, 5) is 12.2. The fourth-order valence-electron chi connectivity index (χ4n) is 3.43. The monoisotopic (exact) mass is 235 g/mol. The molecule has 2 rings (SSSR count). The lowest BCUT2D eigenvalue weighted by molar-refractivity contribution is -0.127. The van der Waals surface area contributed by atoms with Crippen molar-refractivity contribution >= 4 is 5.91 Å². The molecule has 0 saturated heterocycles. The van der Waals surface area contributed by atoms with Crippen molar-refractivity contribution in [3.63, 3.8) is 0 Å². The normalized spacial score (nSPS) is 36.5. The zero-order valence-corrected chi connectivity index (χ0v) is 10.4. The highest BCUT2D eigenvalue weighted by Gasteiger charge is 2.49. The number of hydrogen-bond donors (Lipinski definition) is 2. The maximum Gasteiger partial charge on any atom is 0.225 e. The second kappa shape index (κ2) is 5.05. The molecule has 3 N–H and O–H groups in total. The Morgan fingerprint density at radius 2 is 2.24 bits per heavy atom. The highest BCUT2D eigenvalue weighted by molar-refractivity contribution is 5.80. The Morgan fingerprint density at radius 1 is 1.53 bits per heavy atom. The number of nitrogens with two attached hydrogens (primary N) is 1. The third-order valence-corrected chi connectivity index (χ3v) is 4.46. The lowest BCUT2D eigenvalue weighted by Crippen LogP contribution is -2.47. The van der Waals surface area contributed by atoms with Crippen LogP contribution in [0.4, 0.5) is 0 Å². The lowest BCUT2D eigenvalue weighted by atomic mass is 9.84. The summed E-state index contributed by atoms with van der Waals surface area (Å²) in [6.07, 6.45) is 4.64. The van der Waals surface area contributed by atoms with E-state index in [0.717, 1.165) is 19.3 Å². The summed E-state index contributed by atoms with van der Waals surface area (Å²) in [5.41, 5.74) is 6.13. The Morgan fingerprint density at radius 3 is 2.76 bits per heavy atom. The minimum Gasteiger partial charge on any atom is -0.352 e. The molecule has 17 heavy (non-hydrogen) atoms. The molecule has 0 aliphatic heterocycles. The predicted octanol–water partition coefficient (Wildman–Crippen LogP) is 1.17. The Kier molecular flexibility index (Phi) is 3.68. The van der Waals surface area contributed by atoms with E-state index in [1.54, 1.807) is 0 Å². The van der Waals surface area contributed by atoms with Gasteiger partial charge in [-0.3, -0.25) is 4.79 Å². The largest absolute Gasteiger partial charge is 0.352 e. The van der Waals surface area contributed by atoms with E-state index in [0.29, 0.717) is 18.3 Å². The van der Waals surface area contributed by atoms with E-state index in [2.05, 4.69) is 11.4 Å². The van der Waals surface area contributed by atoms with Gasteiger partial charge in [0.05, 0.1) is 18.4 Å². The molecule has 0 spiro atoms. The van der Waals surface area contributed by atoms with Crippen LogP contribution in [0.2, 0.25) is 0 Å². The van der Waals surface area contributed by atoms with E-state index >= 15 is 0 Å². The van der Waals surface area contributed by atoms with E-state index in [4.69, 9.17) is 11.0 Å². The van der Waals surface area contributed by atoms with Crippen LogP contribution in [0.25, 0.3) is 0 Å². The number of carbonyl (C=O) groups excluding carboxylic acids is 1. The Balaban J connectivity index is 1.94. The molecule has 2 aliphatic carbocycles. The fraction of sp³-hybridized carbons (Fsp3) is 0.846. The number of fused-ring (bicyclic) bond motifs is 2. The summed E-state index contributed by atoms with van der Waals surface area (Å²) < 4.78 is 0. The molecule has 0 aromatic rings. The number of rotatable bonds is 4. The van der Waals surface area contributed by atoms with Crippen LogP contribution >= 0.6 is 0 Å². The van der Waals surface area contributed by atoms with Crippen LogP contribution in [0.3, 0.4) is 0 Å². The van der Waals surface area contributed by atoms with E-state index < -0.39 is 0 Å². The molecule has 94 valence electrons. The standard InChI is InChI=1S/C13H21N3O/c1-2-10(5-6-14)16-13(17)11-8-3-4-9(7-8)12(11)15/h8-12H,2-5,7,15H2,1H3,(H,16,17). The molecule has 0 heterocycles. The number of nitriles is 1. The van der Waals surface area contributed by atoms with Crippen molar-refractivity contribution < 1.29 is 4.79 Å². The quantitative estimate of drug-likeness (QED) is 0.767. The first-order chi connectivity index (χ1) is 8.17. The molecule has 0 radical (unpaired) electrons. The average Bonchev–Trinajstić information content (AvgIpc) is 2.88. The van der Waals surface area contributed by atoms with Gasteiger partial charge in [0.25, 0.3) is 0 Å². The van der Waals surface area contributed by atoms with Gasteiger partial charge >= 0.3 is 0 Å². The number of nitrogens with zero attached hydrogens (tertiary/aromatic N) is 1. The van der Waals surface area contributed by atoms with Gasteiger partial charge in [-0.15, -0.1) is 0 Å². The molecule has 0 aromatic carbocycles. The summed E-state index contributed by atoms with van der Waals surface area (Å²) in [5.74, 6) is 1.09. The second-order valence-corrected chi connectivity index (χ2v) is 5.41. The molecule has 5 atom stereocenters. The van der Waals surface area contributed by atoms with Crippen molar-refractivity contribution in [2.75, 3.05) is 0 Å².